The normalized spacial score (nSPS) is 15.6. The molecular formula is C12H13ClN2O. The highest BCUT2D eigenvalue weighted by Crippen LogP contribution is 2.34. The first-order chi connectivity index (χ1) is 7.61. The molecule has 0 atom stereocenters. The lowest BCUT2D eigenvalue weighted by Gasteiger charge is -2.20. The molecule has 1 aromatic rings. The van der Waals surface area contributed by atoms with Crippen molar-refractivity contribution in [3.8, 4) is 0 Å². The number of hydrogen-bond acceptors (Lipinski definition) is 2. The zero-order valence-electron chi connectivity index (χ0n) is 9.33. The third-order valence-corrected chi connectivity index (χ3v) is 2.80. The summed E-state index contributed by atoms with van der Waals surface area (Å²) in [5.41, 5.74) is 2.45. The topological polar surface area (TPSA) is 32.7 Å². The van der Waals surface area contributed by atoms with Crippen molar-refractivity contribution in [2.24, 2.45) is 4.99 Å². The average molecular weight is 237 g/mol. The van der Waals surface area contributed by atoms with Crippen LogP contribution in [0.5, 0.6) is 0 Å². The number of carbonyl (C=O) groups excluding carboxylic acids is 1. The number of fused-ring (bicyclic) bond motifs is 1. The van der Waals surface area contributed by atoms with E-state index in [1.54, 1.807) is 17.0 Å². The summed E-state index contributed by atoms with van der Waals surface area (Å²) >= 11 is 5.95. The van der Waals surface area contributed by atoms with Crippen LogP contribution in [0.1, 0.15) is 20.3 Å². The van der Waals surface area contributed by atoms with Crippen molar-refractivity contribution in [3.05, 3.63) is 23.2 Å². The lowest BCUT2D eigenvalue weighted by molar-refractivity contribution is -0.117. The molecule has 0 bridgehead atoms. The summed E-state index contributed by atoms with van der Waals surface area (Å²) in [6.07, 6.45) is 0.375. The third kappa shape index (κ3) is 1.95. The van der Waals surface area contributed by atoms with E-state index in [0.717, 1.165) is 17.1 Å². The summed E-state index contributed by atoms with van der Waals surface area (Å²) in [5, 5.41) is 0.625. The van der Waals surface area contributed by atoms with E-state index in [2.05, 4.69) is 4.99 Å². The number of amides is 1. The van der Waals surface area contributed by atoms with Crippen LogP contribution in [0.25, 0.3) is 0 Å². The molecular weight excluding hydrogens is 224 g/mol. The molecule has 0 unspecified atom stereocenters. The van der Waals surface area contributed by atoms with Crippen molar-refractivity contribution in [1.82, 2.24) is 0 Å². The Morgan fingerprint density at radius 2 is 2.25 bits per heavy atom. The number of hydrogen-bond donors (Lipinski definition) is 0. The first kappa shape index (κ1) is 11.1. The Hall–Kier alpha value is -1.35. The molecule has 0 aromatic heterocycles. The van der Waals surface area contributed by atoms with E-state index >= 15 is 0 Å². The molecule has 4 heteroatoms. The van der Waals surface area contributed by atoms with Gasteiger partial charge in [-0.1, -0.05) is 11.6 Å². The fourth-order valence-electron chi connectivity index (χ4n) is 1.85. The Morgan fingerprint density at radius 1 is 1.50 bits per heavy atom. The van der Waals surface area contributed by atoms with E-state index in [9.17, 15) is 4.79 Å². The molecule has 0 fully saturated rings. The number of aliphatic imine (C=N–C) groups is 1. The van der Waals surface area contributed by atoms with Crippen LogP contribution in [0.4, 0.5) is 11.4 Å². The van der Waals surface area contributed by atoms with Crippen molar-refractivity contribution < 1.29 is 4.79 Å². The lowest BCUT2D eigenvalue weighted by atomic mass is 10.2. The largest absolute Gasteiger partial charge is 0.310 e. The number of carbonyl (C=O) groups is 1. The molecule has 2 rings (SSSR count). The van der Waals surface area contributed by atoms with Crippen LogP contribution in [-0.4, -0.2) is 18.2 Å². The molecule has 0 aliphatic carbocycles. The van der Waals surface area contributed by atoms with Gasteiger partial charge in [0.25, 0.3) is 0 Å². The number of benzene rings is 1. The van der Waals surface area contributed by atoms with Crippen LogP contribution in [0.3, 0.4) is 0 Å². The molecule has 1 aromatic carbocycles. The molecule has 1 aliphatic heterocycles. The van der Waals surface area contributed by atoms with E-state index in [4.69, 9.17) is 11.6 Å². The van der Waals surface area contributed by atoms with E-state index in [1.165, 1.54) is 0 Å². The van der Waals surface area contributed by atoms with Gasteiger partial charge in [0.15, 0.2) is 0 Å². The molecule has 1 aliphatic rings. The van der Waals surface area contributed by atoms with Gasteiger partial charge in [-0.25, -0.2) is 0 Å². The number of anilines is 1. The average Bonchev–Trinajstić information content (AvgIpc) is 2.33. The van der Waals surface area contributed by atoms with Gasteiger partial charge in [0.05, 0.1) is 17.8 Å². The summed E-state index contributed by atoms with van der Waals surface area (Å²) in [6.45, 7) is 4.45. The highest BCUT2D eigenvalue weighted by atomic mass is 35.5. The minimum absolute atomic E-state index is 0.0739. The molecule has 0 saturated heterocycles. The van der Waals surface area contributed by atoms with Gasteiger partial charge in [-0.2, -0.15) is 0 Å². The Labute approximate surface area is 99.7 Å². The predicted octanol–water partition coefficient (Wildman–Crippen LogP) is 3.19. The second-order valence-electron chi connectivity index (χ2n) is 3.79. The molecule has 0 spiro atoms. The molecule has 1 heterocycles. The zero-order valence-corrected chi connectivity index (χ0v) is 10.1. The third-order valence-electron chi connectivity index (χ3n) is 2.56. The van der Waals surface area contributed by atoms with Gasteiger partial charge in [-0.05, 0) is 32.0 Å². The first-order valence-corrected chi connectivity index (χ1v) is 5.63. The van der Waals surface area contributed by atoms with E-state index in [-0.39, 0.29) is 5.91 Å². The first-order valence-electron chi connectivity index (χ1n) is 5.26. The molecule has 16 heavy (non-hydrogen) atoms. The summed E-state index contributed by atoms with van der Waals surface area (Å²) in [6, 6.07) is 5.43. The smallest absolute Gasteiger partial charge is 0.232 e. The molecule has 3 nitrogen and oxygen atoms in total. The van der Waals surface area contributed by atoms with Gasteiger partial charge in [0, 0.05) is 17.3 Å². The van der Waals surface area contributed by atoms with Gasteiger partial charge in [-0.15, -0.1) is 0 Å². The fourth-order valence-corrected chi connectivity index (χ4v) is 2.01. The predicted molar refractivity (Wildman–Crippen MR) is 66.9 cm³/mol. The second kappa shape index (κ2) is 4.26. The molecule has 0 saturated carbocycles. The molecule has 1 amide bonds. The van der Waals surface area contributed by atoms with Crippen molar-refractivity contribution >= 4 is 34.6 Å². The number of rotatable bonds is 1. The Balaban J connectivity index is 2.59. The minimum Gasteiger partial charge on any atom is -0.310 e. The quantitative estimate of drug-likeness (QED) is 0.737. The van der Waals surface area contributed by atoms with Crippen molar-refractivity contribution in [2.45, 2.75) is 20.3 Å². The maximum atomic E-state index is 11.9. The van der Waals surface area contributed by atoms with Crippen LogP contribution in [0.2, 0.25) is 5.02 Å². The monoisotopic (exact) mass is 236 g/mol. The van der Waals surface area contributed by atoms with Crippen molar-refractivity contribution in [1.29, 1.82) is 0 Å². The zero-order chi connectivity index (χ0) is 11.7. The number of nitrogens with zero attached hydrogens (tertiary/aromatic N) is 2. The van der Waals surface area contributed by atoms with Gasteiger partial charge in [0.2, 0.25) is 5.91 Å². The van der Waals surface area contributed by atoms with Crippen molar-refractivity contribution in [3.63, 3.8) is 0 Å². The Kier molecular flexibility index (Phi) is 2.97. The highest BCUT2D eigenvalue weighted by molar-refractivity contribution is 6.31. The summed E-state index contributed by atoms with van der Waals surface area (Å²) in [7, 11) is 0. The SMILES string of the molecule is CCN1C(=O)CC(C)=Nc2ccc(Cl)cc21. The maximum Gasteiger partial charge on any atom is 0.232 e. The van der Waals surface area contributed by atoms with Crippen LogP contribution >= 0.6 is 11.6 Å². The molecule has 84 valence electrons. The van der Waals surface area contributed by atoms with E-state index in [1.807, 2.05) is 19.9 Å². The van der Waals surface area contributed by atoms with Gasteiger partial charge < -0.3 is 4.90 Å². The van der Waals surface area contributed by atoms with E-state index in [0.29, 0.717) is 18.0 Å². The van der Waals surface area contributed by atoms with Gasteiger partial charge in [0.1, 0.15) is 0 Å². The van der Waals surface area contributed by atoms with Gasteiger partial charge in [-0.3, -0.25) is 9.79 Å². The minimum atomic E-state index is 0.0739. The van der Waals surface area contributed by atoms with Crippen LogP contribution in [0.15, 0.2) is 23.2 Å². The Morgan fingerprint density at radius 3 is 2.94 bits per heavy atom. The summed E-state index contributed by atoms with van der Waals surface area (Å²) in [4.78, 5) is 18.1. The maximum absolute atomic E-state index is 11.9. The standard InChI is InChI=1S/C12H13ClN2O/c1-3-15-11-7-9(13)4-5-10(11)14-8(2)6-12(15)16/h4-5,7H,3,6H2,1-2H3. The van der Waals surface area contributed by atoms with Crippen LogP contribution in [-0.2, 0) is 4.79 Å². The summed E-state index contributed by atoms with van der Waals surface area (Å²) < 4.78 is 0. The molecule has 0 N–H and O–H groups in total. The van der Waals surface area contributed by atoms with Crippen molar-refractivity contribution in [2.75, 3.05) is 11.4 Å². The number of halogens is 1. The highest BCUT2D eigenvalue weighted by Gasteiger charge is 2.21. The van der Waals surface area contributed by atoms with Gasteiger partial charge >= 0.3 is 0 Å². The van der Waals surface area contributed by atoms with E-state index < -0.39 is 0 Å². The van der Waals surface area contributed by atoms with Crippen LogP contribution in [0, 0.1) is 0 Å². The Bertz CT molecular complexity index is 468. The summed E-state index contributed by atoms with van der Waals surface area (Å²) in [5.74, 6) is 0.0739. The molecule has 0 radical (unpaired) electrons. The second-order valence-corrected chi connectivity index (χ2v) is 4.23. The van der Waals surface area contributed by atoms with Crippen LogP contribution < -0.4 is 4.90 Å². The lowest BCUT2D eigenvalue weighted by Crippen LogP contribution is -2.30. The fraction of sp³-hybridized carbons (Fsp3) is 0.333.